The molecule has 0 amide bonds. The smallest absolute Gasteiger partial charge is 0.0868 e. The zero-order valence-corrected chi connectivity index (χ0v) is 24.7. The molecule has 4 nitrogen and oxygen atoms in total. The molecule has 0 unspecified atom stereocenters. The van der Waals surface area contributed by atoms with E-state index in [0.29, 0.717) is 0 Å². The van der Waals surface area contributed by atoms with Crippen LogP contribution >= 0.6 is 0 Å². The van der Waals surface area contributed by atoms with Gasteiger partial charge in [0.15, 0.2) is 0 Å². The molecule has 0 saturated heterocycles. The summed E-state index contributed by atoms with van der Waals surface area (Å²) in [7, 11) is 0. The van der Waals surface area contributed by atoms with Crippen LogP contribution in [0.1, 0.15) is 11.1 Å². The molecule has 45 heavy (non-hydrogen) atoms. The zero-order valence-electron chi connectivity index (χ0n) is 24.7. The van der Waals surface area contributed by atoms with Crippen LogP contribution in [0.25, 0.3) is 44.5 Å². The van der Waals surface area contributed by atoms with Crippen LogP contribution in [0, 0.1) is 10.8 Å². The first kappa shape index (κ1) is 29.0. The van der Waals surface area contributed by atoms with E-state index in [0.717, 1.165) is 61.3 Å². The minimum Gasteiger partial charge on any atom is -0.399 e. The van der Waals surface area contributed by atoms with E-state index in [-0.39, 0.29) is 11.4 Å². The molecule has 0 fully saturated rings. The number of nitrogens with two attached hydrogens (primary N) is 1. The third-order valence-corrected chi connectivity index (χ3v) is 7.69. The summed E-state index contributed by atoms with van der Waals surface area (Å²) >= 11 is 0. The average molecular weight is 581 g/mol. The quantitative estimate of drug-likeness (QED) is 0.140. The lowest BCUT2D eigenvalue weighted by atomic mass is 9.83. The normalized spacial score (nSPS) is 12.4. The Bertz CT molecular complexity index is 2010. The van der Waals surface area contributed by atoms with Gasteiger partial charge in [0.25, 0.3) is 0 Å². The molecule has 0 aliphatic heterocycles. The molecule has 216 valence electrons. The SMILES string of the molecule is N=C1C=C(c2ccccc2-c2ccccc2)C=C(c2ccccc2-c2ccccc2)C1=N.Nc1ccc(-c2ccncc2)cc1. The van der Waals surface area contributed by atoms with Crippen molar-refractivity contribution in [2.24, 2.45) is 0 Å². The van der Waals surface area contributed by atoms with Crippen molar-refractivity contribution in [3.63, 3.8) is 0 Å². The second kappa shape index (κ2) is 13.4. The van der Waals surface area contributed by atoms with E-state index in [1.54, 1.807) is 18.5 Å². The van der Waals surface area contributed by atoms with Gasteiger partial charge in [0.05, 0.1) is 11.4 Å². The van der Waals surface area contributed by atoms with E-state index in [1.165, 1.54) is 0 Å². The zero-order chi connectivity index (χ0) is 31.0. The maximum absolute atomic E-state index is 8.68. The Hall–Kier alpha value is -6.13. The van der Waals surface area contributed by atoms with Crippen LogP contribution in [0.15, 0.2) is 170 Å². The van der Waals surface area contributed by atoms with Crippen LogP contribution in [0.5, 0.6) is 0 Å². The Morgan fingerprint density at radius 1 is 0.422 bits per heavy atom. The van der Waals surface area contributed by atoms with Gasteiger partial charge >= 0.3 is 0 Å². The summed E-state index contributed by atoms with van der Waals surface area (Å²) in [5.41, 5.74) is 17.3. The van der Waals surface area contributed by atoms with Crippen molar-refractivity contribution in [2.75, 3.05) is 5.73 Å². The molecular formula is C41H32N4. The highest BCUT2D eigenvalue weighted by Crippen LogP contribution is 2.37. The summed E-state index contributed by atoms with van der Waals surface area (Å²) in [4.78, 5) is 3.96. The van der Waals surface area contributed by atoms with Crippen LogP contribution in [0.2, 0.25) is 0 Å². The minimum absolute atomic E-state index is 0.225. The molecule has 7 rings (SSSR count). The minimum atomic E-state index is 0.225. The standard InChI is InChI=1S/C30H22N2.C11H10N2/c31-29-20-23(26-17-8-7-15-24(26)21-11-3-1-4-12-21)19-28(30(29)32)27-18-10-9-16-25(27)22-13-5-2-6-14-22;12-11-3-1-9(2-4-11)10-5-7-13-8-6-10/h1-20,31-32H;1-8H,12H2. The Labute approximate surface area is 263 Å². The number of nitrogens with one attached hydrogen (secondary N) is 2. The number of pyridine rings is 1. The van der Waals surface area contributed by atoms with Crippen molar-refractivity contribution < 1.29 is 0 Å². The first-order chi connectivity index (χ1) is 22.1. The lowest BCUT2D eigenvalue weighted by molar-refractivity contribution is 1.33. The van der Waals surface area contributed by atoms with Crippen LogP contribution < -0.4 is 5.73 Å². The lowest BCUT2D eigenvalue weighted by Gasteiger charge is -2.20. The summed E-state index contributed by atoms with van der Waals surface area (Å²) in [5.74, 6) is 0. The Kier molecular flexibility index (Phi) is 8.66. The summed E-state index contributed by atoms with van der Waals surface area (Å²) in [6.07, 6.45) is 7.43. The van der Waals surface area contributed by atoms with Gasteiger partial charge in [0.2, 0.25) is 0 Å². The van der Waals surface area contributed by atoms with Gasteiger partial charge in [-0.3, -0.25) is 15.8 Å². The van der Waals surface area contributed by atoms with E-state index < -0.39 is 0 Å². The molecule has 4 N–H and O–H groups in total. The molecule has 0 spiro atoms. The largest absolute Gasteiger partial charge is 0.399 e. The Morgan fingerprint density at radius 3 is 1.47 bits per heavy atom. The predicted octanol–water partition coefficient (Wildman–Crippen LogP) is 9.87. The number of hydrogen-bond donors (Lipinski definition) is 3. The number of hydrogen-bond acceptors (Lipinski definition) is 4. The molecule has 0 saturated carbocycles. The number of benzene rings is 5. The Balaban J connectivity index is 0.000000229. The van der Waals surface area contributed by atoms with Crippen molar-refractivity contribution in [1.29, 1.82) is 10.8 Å². The number of nitrogens with zero attached hydrogens (tertiary/aromatic N) is 1. The van der Waals surface area contributed by atoms with Gasteiger partial charge in [0.1, 0.15) is 0 Å². The molecular weight excluding hydrogens is 548 g/mol. The molecule has 0 atom stereocenters. The Morgan fingerprint density at radius 2 is 0.889 bits per heavy atom. The highest BCUT2D eigenvalue weighted by Gasteiger charge is 2.22. The summed E-state index contributed by atoms with van der Waals surface area (Å²) in [6.45, 7) is 0. The maximum atomic E-state index is 8.68. The number of nitrogen functional groups attached to an aromatic ring is 1. The van der Waals surface area contributed by atoms with Crippen LogP contribution in [-0.2, 0) is 0 Å². The van der Waals surface area contributed by atoms with Gasteiger partial charge in [-0.25, -0.2) is 0 Å². The third-order valence-electron chi connectivity index (χ3n) is 7.69. The highest BCUT2D eigenvalue weighted by atomic mass is 14.6. The van der Waals surface area contributed by atoms with Crippen molar-refractivity contribution in [3.8, 4) is 33.4 Å². The first-order valence-corrected chi connectivity index (χ1v) is 14.8. The van der Waals surface area contributed by atoms with Gasteiger partial charge in [0, 0.05) is 23.7 Å². The number of anilines is 1. The monoisotopic (exact) mass is 580 g/mol. The summed E-state index contributed by atoms with van der Waals surface area (Å²) in [6, 6.07) is 48.7. The van der Waals surface area contributed by atoms with Crippen molar-refractivity contribution in [2.45, 2.75) is 0 Å². The van der Waals surface area contributed by atoms with Crippen LogP contribution in [-0.4, -0.2) is 16.4 Å². The van der Waals surface area contributed by atoms with Gasteiger partial charge in [-0.2, -0.15) is 0 Å². The fourth-order valence-electron chi connectivity index (χ4n) is 5.42. The van der Waals surface area contributed by atoms with Gasteiger partial charge in [-0.05, 0) is 86.5 Å². The van der Waals surface area contributed by atoms with E-state index >= 15 is 0 Å². The average Bonchev–Trinajstić information content (AvgIpc) is 3.11. The molecule has 1 heterocycles. The second-order valence-electron chi connectivity index (χ2n) is 10.6. The number of aromatic nitrogens is 1. The lowest BCUT2D eigenvalue weighted by Crippen LogP contribution is -2.16. The number of allylic oxidation sites excluding steroid dienone is 4. The number of rotatable bonds is 5. The highest BCUT2D eigenvalue weighted by molar-refractivity contribution is 6.61. The second-order valence-corrected chi connectivity index (χ2v) is 10.6. The van der Waals surface area contributed by atoms with Crippen molar-refractivity contribution in [1.82, 2.24) is 4.98 Å². The predicted molar refractivity (Wildman–Crippen MR) is 189 cm³/mol. The van der Waals surface area contributed by atoms with Crippen molar-refractivity contribution >= 4 is 28.3 Å². The van der Waals surface area contributed by atoms with Gasteiger partial charge < -0.3 is 5.73 Å². The van der Waals surface area contributed by atoms with E-state index in [4.69, 9.17) is 16.6 Å². The molecule has 1 aliphatic carbocycles. The molecule has 4 heteroatoms. The first-order valence-electron chi connectivity index (χ1n) is 14.8. The molecule has 0 bridgehead atoms. The summed E-state index contributed by atoms with van der Waals surface area (Å²) in [5, 5.41) is 17.2. The fraction of sp³-hybridized carbons (Fsp3) is 0. The van der Waals surface area contributed by atoms with Gasteiger partial charge in [-0.1, -0.05) is 121 Å². The van der Waals surface area contributed by atoms with Gasteiger partial charge in [-0.15, -0.1) is 0 Å². The van der Waals surface area contributed by atoms with Crippen LogP contribution in [0.4, 0.5) is 5.69 Å². The molecule has 0 radical (unpaired) electrons. The van der Waals surface area contributed by atoms with Crippen molar-refractivity contribution in [3.05, 3.63) is 181 Å². The molecule has 5 aromatic carbocycles. The van der Waals surface area contributed by atoms with Crippen LogP contribution in [0.3, 0.4) is 0 Å². The molecule has 1 aromatic heterocycles. The van der Waals surface area contributed by atoms with E-state index in [1.807, 2.05) is 103 Å². The fourth-order valence-corrected chi connectivity index (χ4v) is 5.42. The van der Waals surface area contributed by atoms with E-state index in [9.17, 15) is 0 Å². The molecule has 6 aromatic rings. The summed E-state index contributed by atoms with van der Waals surface area (Å²) < 4.78 is 0. The topological polar surface area (TPSA) is 86.6 Å². The molecule has 1 aliphatic rings. The third kappa shape index (κ3) is 6.61. The maximum Gasteiger partial charge on any atom is 0.0868 e. The van der Waals surface area contributed by atoms with E-state index in [2.05, 4.69) is 53.5 Å².